The van der Waals surface area contributed by atoms with E-state index in [2.05, 4.69) is 102 Å². The second kappa shape index (κ2) is 28.2. The molecule has 6 atom stereocenters. The molecule has 0 saturated carbocycles. The fraction of sp³-hybridized carbons (Fsp3) is 0.882. The summed E-state index contributed by atoms with van der Waals surface area (Å²) in [5, 5.41) is 9.14. The molecule has 0 saturated heterocycles. The van der Waals surface area contributed by atoms with Gasteiger partial charge in [-0.1, -0.05) is 166 Å². The third-order valence-corrected chi connectivity index (χ3v) is 9.70. The first kappa shape index (κ1) is 38.3. The molecule has 0 aliphatic carbocycles. The Morgan fingerprint density at radius 3 is 1.28 bits per heavy atom. The van der Waals surface area contributed by atoms with E-state index in [1.165, 1.54) is 94.3 Å². The molecule has 0 heterocycles. The normalized spacial score (nSPS) is 16.9. The van der Waals surface area contributed by atoms with Gasteiger partial charge >= 0.3 is 0 Å². The molecule has 0 bridgehead atoms. The Balaban J connectivity index is 0. The van der Waals surface area contributed by atoms with E-state index in [0.717, 1.165) is 17.8 Å². The lowest BCUT2D eigenvalue weighted by atomic mass is 9.85. The van der Waals surface area contributed by atoms with Gasteiger partial charge in [0.1, 0.15) is 0 Å². The summed E-state index contributed by atoms with van der Waals surface area (Å²) >= 11 is 2.50. The van der Waals surface area contributed by atoms with E-state index in [1.807, 2.05) is 0 Å². The van der Waals surface area contributed by atoms with Gasteiger partial charge in [0.25, 0.3) is 0 Å². The zero-order valence-corrected chi connectivity index (χ0v) is 28.1. The molecule has 1 nitrogen and oxygen atoms in total. The van der Waals surface area contributed by atoms with Crippen molar-refractivity contribution >= 4 is 22.6 Å². The topological polar surface area (TPSA) is 20.2 Å². The maximum atomic E-state index is 9.14. The third-order valence-electron chi connectivity index (χ3n) is 8.31. The quantitative estimate of drug-likeness (QED) is 0.0554. The molecule has 2 heteroatoms. The Morgan fingerprint density at radius 2 is 0.917 bits per heavy atom. The molecule has 36 heavy (non-hydrogen) atoms. The van der Waals surface area contributed by atoms with Crippen LogP contribution in [-0.4, -0.2) is 16.1 Å². The molecule has 0 aliphatic heterocycles. The first-order chi connectivity index (χ1) is 17.3. The number of alkyl halides is 1. The maximum Gasteiger partial charge on any atom is 0.0459 e. The summed E-state index contributed by atoms with van der Waals surface area (Å²) in [5.41, 5.74) is 0. The summed E-state index contributed by atoms with van der Waals surface area (Å²) in [6.45, 7) is 18.6. The standard InChI is InChI=1S/C17H33I.C17H34O/c2*1-5-6-7-8-9-10-11-12-13-15(2)17(4)16(3)14-18/h12-13,15-17H,5-11,14H2,1-4H3;12-13,15-18H,5-11,14H2,1-4H3/b2*13-12-. The van der Waals surface area contributed by atoms with E-state index in [4.69, 9.17) is 5.11 Å². The number of allylic oxidation sites excluding steroid dienone is 4. The fourth-order valence-electron chi connectivity index (χ4n) is 4.40. The second-order valence-electron chi connectivity index (χ2n) is 11.7. The van der Waals surface area contributed by atoms with Crippen LogP contribution in [0, 0.1) is 35.5 Å². The third kappa shape index (κ3) is 23.3. The molecule has 0 aliphatic rings. The Kier molecular flexibility index (Phi) is 30.0. The molecule has 0 amide bonds. The first-order valence-electron chi connectivity index (χ1n) is 15.8. The average molecular weight is 619 g/mol. The number of rotatable bonds is 22. The van der Waals surface area contributed by atoms with Crippen molar-refractivity contribution in [3.63, 3.8) is 0 Å². The summed E-state index contributed by atoms with van der Waals surface area (Å²) in [6, 6.07) is 0. The molecular formula is C34H67IO. The van der Waals surface area contributed by atoms with E-state index in [9.17, 15) is 0 Å². The van der Waals surface area contributed by atoms with Gasteiger partial charge in [0.05, 0.1) is 0 Å². The van der Waals surface area contributed by atoms with Crippen LogP contribution in [0.3, 0.4) is 0 Å². The van der Waals surface area contributed by atoms with Crippen molar-refractivity contribution in [2.45, 2.75) is 145 Å². The molecule has 6 unspecified atom stereocenters. The van der Waals surface area contributed by atoms with Crippen LogP contribution in [-0.2, 0) is 0 Å². The zero-order chi connectivity index (χ0) is 27.6. The van der Waals surface area contributed by atoms with Crippen molar-refractivity contribution < 1.29 is 5.11 Å². The van der Waals surface area contributed by atoms with Crippen LogP contribution in [0.5, 0.6) is 0 Å². The average Bonchev–Trinajstić information content (AvgIpc) is 2.89. The van der Waals surface area contributed by atoms with Gasteiger partial charge in [0, 0.05) is 11.0 Å². The maximum absolute atomic E-state index is 9.14. The smallest absolute Gasteiger partial charge is 0.0459 e. The van der Waals surface area contributed by atoms with Crippen molar-refractivity contribution in [2.24, 2.45) is 35.5 Å². The number of hydrogen-bond acceptors (Lipinski definition) is 1. The number of aliphatic hydroxyl groups is 1. The molecule has 0 aromatic heterocycles. The van der Waals surface area contributed by atoms with Crippen molar-refractivity contribution in [3.05, 3.63) is 24.3 Å². The van der Waals surface area contributed by atoms with E-state index in [1.54, 1.807) is 0 Å². The Hall–Kier alpha value is 0.170. The Bertz CT molecular complexity index is 442. The van der Waals surface area contributed by atoms with E-state index in [-0.39, 0.29) is 0 Å². The van der Waals surface area contributed by atoms with Crippen LogP contribution in [0.15, 0.2) is 24.3 Å². The molecular weight excluding hydrogens is 551 g/mol. The van der Waals surface area contributed by atoms with E-state index < -0.39 is 0 Å². The van der Waals surface area contributed by atoms with Crippen LogP contribution in [0.1, 0.15) is 145 Å². The van der Waals surface area contributed by atoms with Crippen molar-refractivity contribution in [3.8, 4) is 0 Å². The minimum atomic E-state index is 0.302. The van der Waals surface area contributed by atoms with Gasteiger partial charge in [-0.3, -0.25) is 0 Å². The molecule has 0 aromatic carbocycles. The largest absolute Gasteiger partial charge is 0.396 e. The zero-order valence-electron chi connectivity index (χ0n) is 25.9. The molecule has 0 rings (SSSR count). The van der Waals surface area contributed by atoms with Gasteiger partial charge in [-0.2, -0.15) is 0 Å². The SMILES string of the molecule is CCCCCCCC/C=C\C(C)C(C)C(C)CI.CCCCCCCC/C=C\C(C)C(C)C(C)CO. The molecule has 0 fully saturated rings. The van der Waals surface area contributed by atoms with Gasteiger partial charge in [-0.15, -0.1) is 0 Å². The number of hydrogen-bond donors (Lipinski definition) is 1. The van der Waals surface area contributed by atoms with E-state index >= 15 is 0 Å². The number of unbranched alkanes of at least 4 members (excludes halogenated alkanes) is 12. The highest BCUT2D eigenvalue weighted by atomic mass is 127. The predicted octanol–water partition coefficient (Wildman–Crippen LogP) is 11.8. The highest BCUT2D eigenvalue weighted by Gasteiger charge is 2.16. The summed E-state index contributed by atoms with van der Waals surface area (Å²) in [4.78, 5) is 0. The van der Waals surface area contributed by atoms with Crippen molar-refractivity contribution in [1.82, 2.24) is 0 Å². The molecule has 0 radical (unpaired) electrons. The second-order valence-corrected chi connectivity index (χ2v) is 12.6. The van der Waals surface area contributed by atoms with Crippen LogP contribution in [0.2, 0.25) is 0 Å². The van der Waals surface area contributed by atoms with Gasteiger partial charge in [-0.25, -0.2) is 0 Å². The van der Waals surface area contributed by atoms with Gasteiger partial charge < -0.3 is 5.11 Å². The summed E-state index contributed by atoms with van der Waals surface area (Å²) < 4.78 is 1.27. The van der Waals surface area contributed by atoms with Crippen molar-refractivity contribution in [1.29, 1.82) is 0 Å². The van der Waals surface area contributed by atoms with Gasteiger partial charge in [0.15, 0.2) is 0 Å². The minimum absolute atomic E-state index is 0.302. The lowest BCUT2D eigenvalue weighted by Gasteiger charge is -2.22. The fourth-order valence-corrected chi connectivity index (χ4v) is 5.20. The Morgan fingerprint density at radius 1 is 0.556 bits per heavy atom. The number of aliphatic hydroxyl groups excluding tert-OH is 1. The first-order valence-corrected chi connectivity index (χ1v) is 17.3. The summed E-state index contributed by atoms with van der Waals surface area (Å²) in [6.07, 6.45) is 28.7. The summed E-state index contributed by atoms with van der Waals surface area (Å²) in [7, 11) is 0. The molecule has 216 valence electrons. The highest BCUT2D eigenvalue weighted by Crippen LogP contribution is 2.24. The van der Waals surface area contributed by atoms with Crippen LogP contribution >= 0.6 is 22.6 Å². The minimum Gasteiger partial charge on any atom is -0.396 e. The molecule has 0 spiro atoms. The molecule has 0 aromatic rings. The van der Waals surface area contributed by atoms with Crippen LogP contribution < -0.4 is 0 Å². The monoisotopic (exact) mass is 618 g/mol. The van der Waals surface area contributed by atoms with Crippen LogP contribution in [0.4, 0.5) is 0 Å². The van der Waals surface area contributed by atoms with Crippen molar-refractivity contribution in [2.75, 3.05) is 11.0 Å². The number of halogens is 1. The lowest BCUT2D eigenvalue weighted by molar-refractivity contribution is 0.177. The van der Waals surface area contributed by atoms with E-state index in [0.29, 0.717) is 24.4 Å². The summed E-state index contributed by atoms with van der Waals surface area (Å²) in [5.74, 6) is 3.92. The van der Waals surface area contributed by atoms with Crippen LogP contribution in [0.25, 0.3) is 0 Å². The van der Waals surface area contributed by atoms with Gasteiger partial charge in [0.2, 0.25) is 0 Å². The lowest BCUT2D eigenvalue weighted by Crippen LogP contribution is -2.18. The highest BCUT2D eigenvalue weighted by molar-refractivity contribution is 14.1. The van der Waals surface area contributed by atoms with Gasteiger partial charge in [-0.05, 0) is 61.2 Å². The molecule has 1 N–H and O–H groups in total. The predicted molar refractivity (Wildman–Crippen MR) is 175 cm³/mol. The Labute approximate surface area is 242 Å².